The number of aromatic nitrogens is 2. The van der Waals surface area contributed by atoms with E-state index in [-0.39, 0.29) is 41.9 Å². The van der Waals surface area contributed by atoms with Crippen LogP contribution in [0.5, 0.6) is 0 Å². The highest BCUT2D eigenvalue weighted by Crippen LogP contribution is 2.30. The van der Waals surface area contributed by atoms with E-state index >= 15 is 0 Å². The standard InChI is InChI=1S/C18H27N5O.2ClH/c1-17(2)10-13(11-18(3,4)23-17)20-16-22-21-15(24-16)14(19)12-8-6-5-7-9-12;;/h5-9,13-14,23H,10-11,19H2,1-4H3,(H,20,22);2*1H/t14-;;/m1../s1. The summed E-state index contributed by atoms with van der Waals surface area (Å²) in [4.78, 5) is 0. The first-order chi connectivity index (χ1) is 11.2. The summed E-state index contributed by atoms with van der Waals surface area (Å²) in [7, 11) is 0. The number of benzene rings is 1. The number of rotatable bonds is 4. The van der Waals surface area contributed by atoms with Crippen LogP contribution in [0, 0.1) is 0 Å². The Kier molecular flexibility index (Phi) is 7.48. The fourth-order valence-electron chi connectivity index (χ4n) is 3.82. The summed E-state index contributed by atoms with van der Waals surface area (Å²) in [5.41, 5.74) is 7.29. The highest BCUT2D eigenvalue weighted by molar-refractivity contribution is 5.85. The lowest BCUT2D eigenvalue weighted by Crippen LogP contribution is -2.60. The molecule has 8 heteroatoms. The van der Waals surface area contributed by atoms with Gasteiger partial charge in [-0.15, -0.1) is 29.9 Å². The Morgan fingerprint density at radius 1 is 1.08 bits per heavy atom. The third-order valence-electron chi connectivity index (χ3n) is 4.38. The highest BCUT2D eigenvalue weighted by atomic mass is 35.5. The lowest BCUT2D eigenvalue weighted by atomic mass is 9.80. The number of nitrogens with zero attached hydrogens (tertiary/aromatic N) is 2. The molecule has 6 nitrogen and oxygen atoms in total. The van der Waals surface area contributed by atoms with E-state index in [0.717, 1.165) is 18.4 Å². The molecule has 4 N–H and O–H groups in total. The van der Waals surface area contributed by atoms with Gasteiger partial charge in [-0.3, -0.25) is 0 Å². The second-order valence-corrected chi connectivity index (χ2v) is 7.98. The lowest BCUT2D eigenvalue weighted by Gasteiger charge is -2.46. The molecule has 3 rings (SSSR count). The molecule has 1 aliphatic heterocycles. The molecule has 0 amide bonds. The smallest absolute Gasteiger partial charge is 0.315 e. The first kappa shape index (κ1) is 22.7. The van der Waals surface area contributed by atoms with Crippen molar-refractivity contribution in [3.8, 4) is 0 Å². The van der Waals surface area contributed by atoms with Gasteiger partial charge in [-0.25, -0.2) is 0 Å². The van der Waals surface area contributed by atoms with Crippen LogP contribution in [0.4, 0.5) is 6.01 Å². The van der Waals surface area contributed by atoms with Crippen molar-refractivity contribution in [3.05, 3.63) is 41.8 Å². The van der Waals surface area contributed by atoms with Gasteiger partial charge in [0.2, 0.25) is 5.89 Å². The maximum atomic E-state index is 6.21. The van der Waals surface area contributed by atoms with Gasteiger partial charge in [0, 0.05) is 17.1 Å². The summed E-state index contributed by atoms with van der Waals surface area (Å²) in [6.07, 6.45) is 1.97. The summed E-state index contributed by atoms with van der Waals surface area (Å²) in [6.45, 7) is 8.86. The number of piperidine rings is 1. The normalized spacial score (nSPS) is 19.7. The third-order valence-corrected chi connectivity index (χ3v) is 4.38. The number of nitrogens with two attached hydrogens (primary N) is 1. The van der Waals surface area contributed by atoms with E-state index in [1.54, 1.807) is 0 Å². The van der Waals surface area contributed by atoms with Crippen molar-refractivity contribution in [1.29, 1.82) is 0 Å². The zero-order chi connectivity index (χ0) is 17.4. The van der Waals surface area contributed by atoms with E-state index < -0.39 is 6.04 Å². The average Bonchev–Trinajstić information content (AvgIpc) is 2.92. The minimum Gasteiger partial charge on any atom is -0.406 e. The number of hydrogen-bond donors (Lipinski definition) is 3. The topological polar surface area (TPSA) is 89.0 Å². The van der Waals surface area contributed by atoms with Crippen LogP contribution in [-0.4, -0.2) is 27.3 Å². The molecular weight excluding hydrogens is 373 g/mol. The molecule has 1 atom stereocenters. The van der Waals surface area contributed by atoms with Crippen LogP contribution in [0.25, 0.3) is 0 Å². The van der Waals surface area contributed by atoms with E-state index in [9.17, 15) is 0 Å². The molecular formula is C18H29Cl2N5O. The lowest BCUT2D eigenvalue weighted by molar-refractivity contribution is 0.169. The predicted octanol–water partition coefficient (Wildman–Crippen LogP) is 3.68. The van der Waals surface area contributed by atoms with Crippen molar-refractivity contribution in [2.45, 2.75) is 63.7 Å². The Labute approximate surface area is 167 Å². The van der Waals surface area contributed by atoms with Crippen molar-refractivity contribution in [2.75, 3.05) is 5.32 Å². The molecule has 0 radical (unpaired) electrons. The first-order valence-corrected chi connectivity index (χ1v) is 8.44. The van der Waals surface area contributed by atoms with Crippen molar-refractivity contribution >= 4 is 30.8 Å². The van der Waals surface area contributed by atoms with Gasteiger partial charge in [-0.05, 0) is 46.1 Å². The molecule has 0 aliphatic carbocycles. The monoisotopic (exact) mass is 401 g/mol. The van der Waals surface area contributed by atoms with Crippen molar-refractivity contribution in [2.24, 2.45) is 5.73 Å². The number of anilines is 1. The second kappa shape index (κ2) is 8.57. The minimum absolute atomic E-state index is 0. The Hall–Kier alpha value is -1.34. The maximum absolute atomic E-state index is 6.21. The van der Waals surface area contributed by atoms with Gasteiger partial charge in [-0.1, -0.05) is 35.4 Å². The van der Waals surface area contributed by atoms with E-state index in [1.807, 2.05) is 30.3 Å². The van der Waals surface area contributed by atoms with Crippen LogP contribution >= 0.6 is 24.8 Å². The highest BCUT2D eigenvalue weighted by Gasteiger charge is 2.38. The molecule has 1 saturated heterocycles. The fourth-order valence-corrected chi connectivity index (χ4v) is 3.82. The fraction of sp³-hybridized carbons (Fsp3) is 0.556. The van der Waals surface area contributed by atoms with Crippen molar-refractivity contribution < 1.29 is 4.42 Å². The second-order valence-electron chi connectivity index (χ2n) is 7.98. The van der Waals surface area contributed by atoms with Gasteiger partial charge in [0.15, 0.2) is 0 Å². The first-order valence-electron chi connectivity index (χ1n) is 8.44. The zero-order valence-corrected chi connectivity index (χ0v) is 17.3. The molecule has 0 spiro atoms. The van der Waals surface area contributed by atoms with E-state index in [1.165, 1.54) is 0 Å². The number of nitrogens with one attached hydrogen (secondary N) is 2. The summed E-state index contributed by atoms with van der Waals surface area (Å²) >= 11 is 0. The number of hydrogen-bond acceptors (Lipinski definition) is 6. The molecule has 2 aromatic rings. The summed E-state index contributed by atoms with van der Waals surface area (Å²) in [5.74, 6) is 0.427. The van der Waals surface area contributed by atoms with Crippen LogP contribution in [0.3, 0.4) is 0 Å². The van der Waals surface area contributed by atoms with Gasteiger partial charge in [0.1, 0.15) is 6.04 Å². The van der Waals surface area contributed by atoms with Crippen LogP contribution < -0.4 is 16.4 Å². The van der Waals surface area contributed by atoms with Gasteiger partial charge < -0.3 is 20.8 Å². The molecule has 1 aromatic carbocycles. The molecule has 1 fully saturated rings. The maximum Gasteiger partial charge on any atom is 0.315 e. The summed E-state index contributed by atoms with van der Waals surface area (Å²) in [6, 6.07) is 10.1. The van der Waals surface area contributed by atoms with Crippen molar-refractivity contribution in [1.82, 2.24) is 15.5 Å². The molecule has 2 heterocycles. The average molecular weight is 402 g/mol. The molecule has 1 aromatic heterocycles. The third kappa shape index (κ3) is 5.58. The Morgan fingerprint density at radius 3 is 2.23 bits per heavy atom. The summed E-state index contributed by atoms with van der Waals surface area (Å²) < 4.78 is 5.76. The molecule has 0 bridgehead atoms. The molecule has 0 saturated carbocycles. The van der Waals surface area contributed by atoms with Crippen LogP contribution in [0.15, 0.2) is 34.7 Å². The van der Waals surface area contributed by atoms with Gasteiger partial charge in [0.25, 0.3) is 0 Å². The minimum atomic E-state index is -0.407. The van der Waals surface area contributed by atoms with Gasteiger partial charge >= 0.3 is 6.01 Å². The Balaban J connectivity index is 0.00000169. The zero-order valence-electron chi connectivity index (χ0n) is 15.7. The molecule has 146 valence electrons. The van der Waals surface area contributed by atoms with Gasteiger partial charge in [-0.2, -0.15) is 0 Å². The SMILES string of the molecule is CC1(C)CC(Nc2nnc([C@H](N)c3ccccc3)o2)CC(C)(C)N1.Cl.Cl. The Morgan fingerprint density at radius 2 is 1.65 bits per heavy atom. The van der Waals surface area contributed by atoms with Crippen LogP contribution in [0.2, 0.25) is 0 Å². The molecule has 26 heavy (non-hydrogen) atoms. The van der Waals surface area contributed by atoms with Crippen LogP contribution in [-0.2, 0) is 0 Å². The number of halogens is 2. The van der Waals surface area contributed by atoms with E-state index in [4.69, 9.17) is 10.2 Å². The summed E-state index contributed by atoms with van der Waals surface area (Å²) in [5, 5.41) is 15.3. The van der Waals surface area contributed by atoms with E-state index in [2.05, 4.69) is 48.5 Å². The van der Waals surface area contributed by atoms with E-state index in [0.29, 0.717) is 11.9 Å². The van der Waals surface area contributed by atoms with Crippen LogP contribution in [0.1, 0.15) is 58.0 Å². The molecule has 0 unspecified atom stereocenters. The predicted molar refractivity (Wildman–Crippen MR) is 109 cm³/mol. The van der Waals surface area contributed by atoms with Gasteiger partial charge in [0.05, 0.1) is 0 Å². The molecule has 1 aliphatic rings. The largest absolute Gasteiger partial charge is 0.406 e. The quantitative estimate of drug-likeness (QED) is 0.723. The Bertz CT molecular complexity index is 674. The van der Waals surface area contributed by atoms with Crippen molar-refractivity contribution in [3.63, 3.8) is 0 Å².